The fraction of sp³-hybridized carbons (Fsp3) is 1.00. The maximum absolute atomic E-state index is 6.06. The third-order valence-electron chi connectivity index (χ3n) is 2.54. The van der Waals surface area contributed by atoms with E-state index in [4.69, 9.17) is 11.5 Å². The number of likely N-dealkylation sites (tertiary alicyclic amines) is 1. The van der Waals surface area contributed by atoms with Gasteiger partial charge in [0.2, 0.25) is 0 Å². The molecule has 0 aliphatic carbocycles. The van der Waals surface area contributed by atoms with E-state index in [1.54, 1.807) is 0 Å². The zero-order valence-corrected chi connectivity index (χ0v) is 7.34. The molecule has 66 valence electrons. The molecule has 0 aromatic carbocycles. The second kappa shape index (κ2) is 3.52. The fourth-order valence-corrected chi connectivity index (χ4v) is 1.69. The molecule has 3 heteroatoms. The number of likely N-dealkylation sites (N-methyl/N-ethyl adjacent to an activating group) is 1. The van der Waals surface area contributed by atoms with Crippen LogP contribution < -0.4 is 11.5 Å². The molecule has 0 radical (unpaired) electrons. The minimum Gasteiger partial charge on any atom is -0.329 e. The van der Waals surface area contributed by atoms with Crippen molar-refractivity contribution < 1.29 is 0 Å². The summed E-state index contributed by atoms with van der Waals surface area (Å²) in [6.07, 6.45) is 2.28. The van der Waals surface area contributed by atoms with Crippen LogP contribution in [0.2, 0.25) is 0 Å². The van der Waals surface area contributed by atoms with Crippen LogP contribution in [0.3, 0.4) is 0 Å². The highest BCUT2D eigenvalue weighted by Gasteiger charge is 2.29. The highest BCUT2D eigenvalue weighted by Crippen LogP contribution is 2.16. The van der Waals surface area contributed by atoms with E-state index in [0.717, 1.165) is 19.5 Å². The van der Waals surface area contributed by atoms with Crippen LogP contribution in [-0.2, 0) is 0 Å². The van der Waals surface area contributed by atoms with Gasteiger partial charge >= 0.3 is 0 Å². The van der Waals surface area contributed by atoms with Gasteiger partial charge in [-0.05, 0) is 25.9 Å². The first-order chi connectivity index (χ1) is 5.20. The Morgan fingerprint density at radius 2 is 2.27 bits per heavy atom. The predicted octanol–water partition coefficient (Wildman–Crippen LogP) is -0.242. The van der Waals surface area contributed by atoms with E-state index in [-0.39, 0.29) is 5.54 Å². The van der Waals surface area contributed by atoms with Gasteiger partial charge in [-0.25, -0.2) is 0 Å². The van der Waals surface area contributed by atoms with Gasteiger partial charge in [-0.3, -0.25) is 0 Å². The Morgan fingerprint density at radius 1 is 1.55 bits per heavy atom. The lowest BCUT2D eigenvalue weighted by Gasteiger charge is -2.39. The minimum atomic E-state index is -0.103. The van der Waals surface area contributed by atoms with Crippen LogP contribution in [0, 0.1) is 0 Å². The summed E-state index contributed by atoms with van der Waals surface area (Å²) >= 11 is 0. The molecule has 0 aromatic heterocycles. The summed E-state index contributed by atoms with van der Waals surface area (Å²) in [6.45, 7) is 6.04. The molecule has 3 nitrogen and oxygen atoms in total. The largest absolute Gasteiger partial charge is 0.329 e. The van der Waals surface area contributed by atoms with Gasteiger partial charge in [0.05, 0.1) is 0 Å². The molecule has 1 heterocycles. The molecule has 0 amide bonds. The van der Waals surface area contributed by atoms with Crippen molar-refractivity contribution in [1.29, 1.82) is 0 Å². The average Bonchev–Trinajstić information content (AvgIpc) is 2.05. The molecule has 0 spiro atoms. The fourth-order valence-electron chi connectivity index (χ4n) is 1.69. The zero-order valence-electron chi connectivity index (χ0n) is 7.34. The van der Waals surface area contributed by atoms with Crippen LogP contribution in [0.5, 0.6) is 0 Å². The van der Waals surface area contributed by atoms with E-state index in [2.05, 4.69) is 11.8 Å². The third kappa shape index (κ3) is 2.15. The van der Waals surface area contributed by atoms with Gasteiger partial charge in [0.15, 0.2) is 0 Å². The number of rotatable bonds is 2. The van der Waals surface area contributed by atoms with Crippen LogP contribution >= 0.6 is 0 Å². The highest BCUT2D eigenvalue weighted by atomic mass is 15.2. The normalized spacial score (nSPS) is 34.1. The van der Waals surface area contributed by atoms with Gasteiger partial charge in [-0.2, -0.15) is 0 Å². The van der Waals surface area contributed by atoms with Crippen molar-refractivity contribution in [1.82, 2.24) is 4.90 Å². The standard InChI is InChI=1S/C8H19N3/c1-2-11-5-3-4-8(10,6-9)7-11/h2-7,9-10H2,1H3. The van der Waals surface area contributed by atoms with Crippen LogP contribution in [0.25, 0.3) is 0 Å². The van der Waals surface area contributed by atoms with Gasteiger partial charge in [0.1, 0.15) is 0 Å². The summed E-state index contributed by atoms with van der Waals surface area (Å²) in [7, 11) is 0. The van der Waals surface area contributed by atoms with Gasteiger partial charge in [-0.15, -0.1) is 0 Å². The third-order valence-corrected chi connectivity index (χ3v) is 2.54. The zero-order chi connectivity index (χ0) is 8.32. The molecule has 1 atom stereocenters. The molecular weight excluding hydrogens is 138 g/mol. The van der Waals surface area contributed by atoms with Gasteiger partial charge in [-0.1, -0.05) is 6.92 Å². The minimum absolute atomic E-state index is 0.103. The van der Waals surface area contributed by atoms with Gasteiger partial charge in [0, 0.05) is 18.6 Å². The van der Waals surface area contributed by atoms with Crippen molar-refractivity contribution in [3.63, 3.8) is 0 Å². The smallest absolute Gasteiger partial charge is 0.0408 e. The maximum atomic E-state index is 6.06. The van der Waals surface area contributed by atoms with E-state index in [1.165, 1.54) is 13.0 Å². The number of hydrogen-bond donors (Lipinski definition) is 2. The summed E-state index contributed by atoms with van der Waals surface area (Å²) in [5, 5.41) is 0. The molecule has 1 aliphatic rings. The monoisotopic (exact) mass is 157 g/mol. The summed E-state index contributed by atoms with van der Waals surface area (Å²) < 4.78 is 0. The average molecular weight is 157 g/mol. The number of nitrogens with zero attached hydrogens (tertiary/aromatic N) is 1. The molecule has 1 rings (SSSR count). The maximum Gasteiger partial charge on any atom is 0.0408 e. The molecule has 4 N–H and O–H groups in total. The number of hydrogen-bond acceptors (Lipinski definition) is 3. The molecule has 1 saturated heterocycles. The Kier molecular flexibility index (Phi) is 2.87. The first-order valence-corrected chi connectivity index (χ1v) is 4.41. The molecule has 1 unspecified atom stereocenters. The van der Waals surface area contributed by atoms with Crippen molar-refractivity contribution in [2.24, 2.45) is 11.5 Å². The Hall–Kier alpha value is -0.120. The van der Waals surface area contributed by atoms with Crippen LogP contribution in [-0.4, -0.2) is 36.6 Å². The van der Waals surface area contributed by atoms with Crippen molar-refractivity contribution in [3.8, 4) is 0 Å². The SMILES string of the molecule is CCN1CCCC(N)(CN)C1. The molecule has 0 saturated carbocycles. The topological polar surface area (TPSA) is 55.3 Å². The van der Waals surface area contributed by atoms with E-state index >= 15 is 0 Å². The van der Waals surface area contributed by atoms with Crippen molar-refractivity contribution in [3.05, 3.63) is 0 Å². The summed E-state index contributed by atoms with van der Waals surface area (Å²) in [5.74, 6) is 0. The Bertz CT molecular complexity index is 127. The molecule has 11 heavy (non-hydrogen) atoms. The summed E-state index contributed by atoms with van der Waals surface area (Å²) in [5.41, 5.74) is 11.6. The lowest BCUT2D eigenvalue weighted by atomic mass is 9.90. The van der Waals surface area contributed by atoms with Crippen LogP contribution in [0.4, 0.5) is 0 Å². The number of piperidine rings is 1. The predicted molar refractivity (Wildman–Crippen MR) is 47.3 cm³/mol. The second-order valence-corrected chi connectivity index (χ2v) is 3.54. The summed E-state index contributed by atoms with van der Waals surface area (Å²) in [6, 6.07) is 0. The van der Waals surface area contributed by atoms with E-state index in [9.17, 15) is 0 Å². The lowest BCUT2D eigenvalue weighted by Crippen LogP contribution is -2.58. The van der Waals surface area contributed by atoms with Crippen molar-refractivity contribution in [2.45, 2.75) is 25.3 Å². The quantitative estimate of drug-likeness (QED) is 0.581. The molecule has 0 aromatic rings. The number of nitrogens with two attached hydrogens (primary N) is 2. The first-order valence-electron chi connectivity index (χ1n) is 4.41. The van der Waals surface area contributed by atoms with Gasteiger partial charge < -0.3 is 16.4 Å². The van der Waals surface area contributed by atoms with E-state index < -0.39 is 0 Å². The summed E-state index contributed by atoms with van der Waals surface area (Å²) in [4.78, 5) is 2.37. The molecular formula is C8H19N3. The Balaban J connectivity index is 2.44. The highest BCUT2D eigenvalue weighted by molar-refractivity contribution is 4.91. The second-order valence-electron chi connectivity index (χ2n) is 3.54. The molecule has 1 aliphatic heterocycles. The lowest BCUT2D eigenvalue weighted by molar-refractivity contribution is 0.160. The Morgan fingerprint density at radius 3 is 2.82 bits per heavy atom. The van der Waals surface area contributed by atoms with Crippen molar-refractivity contribution in [2.75, 3.05) is 26.2 Å². The van der Waals surface area contributed by atoms with Crippen molar-refractivity contribution >= 4 is 0 Å². The van der Waals surface area contributed by atoms with E-state index in [0.29, 0.717) is 6.54 Å². The van der Waals surface area contributed by atoms with Gasteiger partial charge in [0.25, 0.3) is 0 Å². The molecule has 1 fully saturated rings. The Labute approximate surface area is 68.7 Å². The van der Waals surface area contributed by atoms with Crippen LogP contribution in [0.15, 0.2) is 0 Å². The first kappa shape index (κ1) is 8.97. The van der Waals surface area contributed by atoms with E-state index in [1.807, 2.05) is 0 Å². The van der Waals surface area contributed by atoms with Crippen LogP contribution in [0.1, 0.15) is 19.8 Å². The molecule has 0 bridgehead atoms.